The lowest BCUT2D eigenvalue weighted by Gasteiger charge is -2.07. The number of carbonyl (C=O) groups is 1. The Bertz CT molecular complexity index is 584. The number of amides is 1. The van der Waals surface area contributed by atoms with Crippen LogP contribution in [0.15, 0.2) is 41.0 Å². The van der Waals surface area contributed by atoms with Gasteiger partial charge in [-0.3, -0.25) is 4.79 Å². The molecule has 5 heteroatoms. The number of nitrogens with one attached hydrogen (secondary N) is 1. The van der Waals surface area contributed by atoms with Crippen molar-refractivity contribution in [2.24, 2.45) is 0 Å². The molecule has 1 aromatic heterocycles. The highest BCUT2D eigenvalue weighted by Gasteiger charge is 2.11. The first-order chi connectivity index (χ1) is 8.58. The Morgan fingerprint density at radius 2 is 2.11 bits per heavy atom. The smallest absolute Gasteiger partial charge is 0.257 e. The van der Waals surface area contributed by atoms with Crippen molar-refractivity contribution in [3.63, 3.8) is 0 Å². The Hall–Kier alpha value is -1.39. The molecular formula is C13H10BrClN2O. The van der Waals surface area contributed by atoms with Gasteiger partial charge in [-0.25, -0.2) is 4.98 Å². The van der Waals surface area contributed by atoms with Crippen LogP contribution in [0, 0.1) is 6.92 Å². The molecule has 0 atom stereocenters. The van der Waals surface area contributed by atoms with Gasteiger partial charge in [-0.15, -0.1) is 0 Å². The van der Waals surface area contributed by atoms with Gasteiger partial charge in [0, 0.05) is 10.7 Å². The van der Waals surface area contributed by atoms with Crippen LogP contribution in [0.5, 0.6) is 0 Å². The minimum absolute atomic E-state index is 0.208. The molecule has 18 heavy (non-hydrogen) atoms. The summed E-state index contributed by atoms with van der Waals surface area (Å²) < 4.78 is 0.788. The molecular weight excluding hydrogens is 316 g/mol. The lowest BCUT2D eigenvalue weighted by Crippen LogP contribution is -2.13. The van der Waals surface area contributed by atoms with Crippen molar-refractivity contribution in [2.75, 3.05) is 5.32 Å². The van der Waals surface area contributed by atoms with Crippen LogP contribution < -0.4 is 5.32 Å². The van der Waals surface area contributed by atoms with Crippen LogP contribution in [0.25, 0.3) is 0 Å². The van der Waals surface area contributed by atoms with E-state index in [0.29, 0.717) is 16.4 Å². The second kappa shape index (κ2) is 5.50. The minimum atomic E-state index is -0.208. The zero-order chi connectivity index (χ0) is 13.1. The molecule has 92 valence electrons. The van der Waals surface area contributed by atoms with Crippen LogP contribution >= 0.6 is 27.5 Å². The van der Waals surface area contributed by atoms with Gasteiger partial charge in [-0.05, 0) is 46.6 Å². The summed E-state index contributed by atoms with van der Waals surface area (Å²) >= 11 is 9.13. The molecule has 0 fully saturated rings. The molecule has 2 rings (SSSR count). The number of aryl methyl sites for hydroxylation is 1. The van der Waals surface area contributed by atoms with Crippen molar-refractivity contribution in [3.05, 3.63) is 57.2 Å². The van der Waals surface area contributed by atoms with Gasteiger partial charge in [0.2, 0.25) is 0 Å². The number of halogens is 2. The van der Waals surface area contributed by atoms with Gasteiger partial charge in [-0.1, -0.05) is 23.7 Å². The van der Waals surface area contributed by atoms with Crippen molar-refractivity contribution in [3.8, 4) is 0 Å². The molecule has 0 bridgehead atoms. The molecule has 0 saturated carbocycles. The maximum atomic E-state index is 12.1. The molecule has 0 saturated heterocycles. The fourth-order valence-corrected chi connectivity index (χ4v) is 2.01. The molecule has 1 N–H and O–H groups in total. The third-order valence-corrected chi connectivity index (χ3v) is 3.68. The lowest BCUT2D eigenvalue weighted by atomic mass is 10.1. The molecule has 0 aliphatic rings. The van der Waals surface area contributed by atoms with Crippen molar-refractivity contribution < 1.29 is 4.79 Å². The zero-order valence-corrected chi connectivity index (χ0v) is 11.9. The van der Waals surface area contributed by atoms with E-state index in [-0.39, 0.29) is 5.91 Å². The topological polar surface area (TPSA) is 42.0 Å². The third-order valence-electron chi connectivity index (χ3n) is 2.41. The third kappa shape index (κ3) is 2.89. The van der Waals surface area contributed by atoms with Gasteiger partial charge >= 0.3 is 0 Å². The van der Waals surface area contributed by atoms with Crippen molar-refractivity contribution in [1.82, 2.24) is 4.98 Å². The average molecular weight is 326 g/mol. The molecule has 0 aliphatic heterocycles. The molecule has 3 nitrogen and oxygen atoms in total. The highest BCUT2D eigenvalue weighted by molar-refractivity contribution is 9.10. The number of pyridine rings is 1. The molecule has 1 amide bonds. The predicted octanol–water partition coefficient (Wildman–Crippen LogP) is 4.06. The van der Waals surface area contributed by atoms with Crippen LogP contribution in [0.2, 0.25) is 5.02 Å². The van der Waals surface area contributed by atoms with Crippen molar-refractivity contribution in [2.45, 2.75) is 6.92 Å². The second-order valence-electron chi connectivity index (χ2n) is 3.75. The summed E-state index contributed by atoms with van der Waals surface area (Å²) in [5.41, 5.74) is 1.58. The second-order valence-corrected chi connectivity index (χ2v) is 4.98. The Morgan fingerprint density at radius 1 is 1.33 bits per heavy atom. The molecule has 0 unspecified atom stereocenters. The highest BCUT2D eigenvalue weighted by Crippen LogP contribution is 2.22. The van der Waals surface area contributed by atoms with Crippen LogP contribution in [0.3, 0.4) is 0 Å². The van der Waals surface area contributed by atoms with Crippen LogP contribution in [0.4, 0.5) is 5.82 Å². The van der Waals surface area contributed by atoms with Gasteiger partial charge in [0.05, 0.1) is 10.6 Å². The maximum Gasteiger partial charge on any atom is 0.257 e. The zero-order valence-electron chi connectivity index (χ0n) is 9.58. The summed E-state index contributed by atoms with van der Waals surface area (Å²) in [6, 6.07) is 8.85. The van der Waals surface area contributed by atoms with Gasteiger partial charge < -0.3 is 5.32 Å². The summed E-state index contributed by atoms with van der Waals surface area (Å²) in [4.78, 5) is 16.1. The number of carbonyl (C=O) groups excluding carboxylic acids is 1. The molecule has 1 heterocycles. The summed E-state index contributed by atoms with van der Waals surface area (Å²) in [5.74, 6) is 0.262. The quantitative estimate of drug-likeness (QED) is 0.905. The predicted molar refractivity (Wildman–Crippen MR) is 76.1 cm³/mol. The molecule has 0 aliphatic carbocycles. The van der Waals surface area contributed by atoms with E-state index in [2.05, 4.69) is 26.2 Å². The Labute approximate surface area is 118 Å². The fraction of sp³-hybridized carbons (Fsp3) is 0.0769. The monoisotopic (exact) mass is 324 g/mol. The number of benzene rings is 1. The van der Waals surface area contributed by atoms with E-state index in [0.717, 1.165) is 10.0 Å². The number of nitrogens with zero attached hydrogens (tertiary/aromatic N) is 1. The molecule has 0 spiro atoms. The Balaban J connectivity index is 2.22. The summed E-state index contributed by atoms with van der Waals surface area (Å²) in [6.07, 6.45) is 1.49. The van der Waals surface area contributed by atoms with E-state index in [4.69, 9.17) is 11.6 Å². The number of anilines is 1. The summed E-state index contributed by atoms with van der Waals surface area (Å²) in [5, 5.41) is 3.25. The molecule has 0 radical (unpaired) electrons. The van der Waals surface area contributed by atoms with Gasteiger partial charge in [0.25, 0.3) is 5.91 Å². The van der Waals surface area contributed by atoms with E-state index in [9.17, 15) is 4.79 Å². The van der Waals surface area contributed by atoms with Crippen molar-refractivity contribution >= 4 is 39.3 Å². The molecule has 2 aromatic rings. The largest absolute Gasteiger partial charge is 0.307 e. The summed E-state index contributed by atoms with van der Waals surface area (Å²) in [6.45, 7) is 1.93. The number of rotatable bonds is 2. The van der Waals surface area contributed by atoms with Gasteiger partial charge in [-0.2, -0.15) is 0 Å². The lowest BCUT2D eigenvalue weighted by molar-refractivity contribution is 0.102. The van der Waals surface area contributed by atoms with Gasteiger partial charge in [0.15, 0.2) is 0 Å². The fourth-order valence-electron chi connectivity index (χ4n) is 1.46. The first-order valence-electron chi connectivity index (χ1n) is 5.26. The maximum absolute atomic E-state index is 12.1. The molecule has 1 aromatic carbocycles. The number of hydrogen-bond acceptors (Lipinski definition) is 2. The number of hydrogen-bond donors (Lipinski definition) is 1. The van der Waals surface area contributed by atoms with E-state index in [1.165, 1.54) is 6.20 Å². The Morgan fingerprint density at radius 3 is 2.78 bits per heavy atom. The van der Waals surface area contributed by atoms with E-state index >= 15 is 0 Å². The van der Waals surface area contributed by atoms with E-state index < -0.39 is 0 Å². The van der Waals surface area contributed by atoms with Crippen LogP contribution in [-0.4, -0.2) is 10.9 Å². The summed E-state index contributed by atoms with van der Waals surface area (Å²) in [7, 11) is 0. The average Bonchev–Trinajstić information content (AvgIpc) is 2.35. The van der Waals surface area contributed by atoms with Crippen LogP contribution in [-0.2, 0) is 0 Å². The first kappa shape index (κ1) is 13.1. The Kier molecular flexibility index (Phi) is 3.99. The first-order valence-corrected chi connectivity index (χ1v) is 6.43. The highest BCUT2D eigenvalue weighted by atomic mass is 79.9. The van der Waals surface area contributed by atoms with Gasteiger partial charge in [0.1, 0.15) is 5.82 Å². The van der Waals surface area contributed by atoms with E-state index in [1.807, 2.05) is 19.1 Å². The van der Waals surface area contributed by atoms with Crippen LogP contribution in [0.1, 0.15) is 15.9 Å². The number of aromatic nitrogens is 1. The SMILES string of the molecule is Cc1cccc(C(=O)Nc2ccc(Cl)cn2)c1Br. The minimum Gasteiger partial charge on any atom is -0.307 e. The van der Waals surface area contributed by atoms with Crippen molar-refractivity contribution in [1.29, 1.82) is 0 Å². The standard InChI is InChI=1S/C13H10BrClN2O/c1-8-3-2-4-10(12(8)14)13(18)17-11-6-5-9(15)7-16-11/h2-7H,1H3,(H,16,17,18). The normalized spacial score (nSPS) is 10.2. The van der Waals surface area contributed by atoms with E-state index in [1.54, 1.807) is 18.2 Å².